The summed E-state index contributed by atoms with van der Waals surface area (Å²) < 4.78 is 0. The van der Waals surface area contributed by atoms with Gasteiger partial charge in [-0.2, -0.15) is 0 Å². The minimum Gasteiger partial charge on any atom is -0.317 e. The van der Waals surface area contributed by atoms with Gasteiger partial charge in [0.25, 0.3) is 0 Å². The first-order chi connectivity index (χ1) is 9.33. The van der Waals surface area contributed by atoms with E-state index in [0.717, 1.165) is 23.6 Å². The van der Waals surface area contributed by atoms with Crippen LogP contribution in [0.3, 0.4) is 0 Å². The lowest BCUT2D eigenvalue weighted by atomic mass is 9.93. The Kier molecular flexibility index (Phi) is 3.74. The fourth-order valence-corrected chi connectivity index (χ4v) is 3.67. The van der Waals surface area contributed by atoms with E-state index in [4.69, 9.17) is 0 Å². The van der Waals surface area contributed by atoms with E-state index < -0.39 is 0 Å². The van der Waals surface area contributed by atoms with Gasteiger partial charge in [0.2, 0.25) is 5.56 Å². The summed E-state index contributed by atoms with van der Waals surface area (Å²) in [6.45, 7) is 0. The first-order valence-corrected chi connectivity index (χ1v) is 7.73. The van der Waals surface area contributed by atoms with Gasteiger partial charge in [0, 0.05) is 11.8 Å². The van der Waals surface area contributed by atoms with Crippen molar-refractivity contribution in [1.82, 2.24) is 4.98 Å². The molecule has 2 nitrogen and oxygen atoms in total. The number of benzene rings is 1. The average molecular weight is 271 g/mol. The fourth-order valence-electron chi connectivity index (χ4n) is 2.58. The summed E-state index contributed by atoms with van der Waals surface area (Å²) in [5.41, 5.74) is 3.95. The number of aromatic nitrogens is 1. The Hall–Kier alpha value is -1.48. The number of nitrogens with one attached hydrogen (secondary N) is 1. The highest BCUT2D eigenvalue weighted by Gasteiger charge is 2.15. The number of thioether (sulfide) groups is 1. The molecule has 1 aliphatic rings. The molecule has 0 saturated heterocycles. The van der Waals surface area contributed by atoms with Gasteiger partial charge in [-0.15, -0.1) is 11.8 Å². The van der Waals surface area contributed by atoms with E-state index in [1.54, 1.807) is 17.8 Å². The van der Waals surface area contributed by atoms with Crippen molar-refractivity contribution in [3.8, 4) is 0 Å². The van der Waals surface area contributed by atoms with Crippen LogP contribution in [0.4, 0.5) is 0 Å². The van der Waals surface area contributed by atoms with E-state index >= 15 is 0 Å². The number of H-pyrrole nitrogens is 1. The second kappa shape index (κ2) is 5.66. The largest absolute Gasteiger partial charge is 0.317 e. The molecule has 1 heterocycles. The van der Waals surface area contributed by atoms with Gasteiger partial charge in [-0.3, -0.25) is 4.79 Å². The summed E-state index contributed by atoms with van der Waals surface area (Å²) in [5, 5.41) is 1.08. The molecule has 3 rings (SSSR count). The van der Waals surface area contributed by atoms with Crippen molar-refractivity contribution < 1.29 is 0 Å². The fraction of sp³-hybridized carbons (Fsp3) is 0.312. The molecule has 19 heavy (non-hydrogen) atoms. The molecule has 0 fully saturated rings. The van der Waals surface area contributed by atoms with Gasteiger partial charge < -0.3 is 4.98 Å². The molecule has 0 aliphatic heterocycles. The van der Waals surface area contributed by atoms with E-state index in [9.17, 15) is 4.79 Å². The number of pyridine rings is 1. The van der Waals surface area contributed by atoms with Crippen LogP contribution in [-0.4, -0.2) is 4.98 Å². The quantitative estimate of drug-likeness (QED) is 0.866. The molecule has 0 amide bonds. The molecule has 1 aromatic carbocycles. The third-order valence-corrected chi connectivity index (χ3v) is 4.67. The zero-order chi connectivity index (χ0) is 13.1. The number of hydrogen-bond donors (Lipinski definition) is 1. The Balaban J connectivity index is 1.84. The lowest BCUT2D eigenvalue weighted by Gasteiger charge is -2.18. The van der Waals surface area contributed by atoms with Gasteiger partial charge in [0.15, 0.2) is 0 Å². The monoisotopic (exact) mass is 271 g/mol. The maximum absolute atomic E-state index is 11.7. The predicted octanol–water partition coefficient (Wildman–Crippen LogP) is 3.55. The Morgan fingerprint density at radius 3 is 2.74 bits per heavy atom. The summed E-state index contributed by atoms with van der Waals surface area (Å²) in [7, 11) is 0. The smallest absolute Gasteiger partial charge is 0.249 e. The second-order valence-electron chi connectivity index (χ2n) is 4.95. The summed E-state index contributed by atoms with van der Waals surface area (Å²) in [5.74, 6) is 0.910. The Bertz CT molecular complexity index is 618. The number of fused-ring (bicyclic) bond motifs is 1. The molecule has 98 valence electrons. The summed E-state index contributed by atoms with van der Waals surface area (Å²) >= 11 is 1.75. The average Bonchev–Trinajstić information content (AvgIpc) is 2.45. The third-order valence-electron chi connectivity index (χ3n) is 3.55. The van der Waals surface area contributed by atoms with Crippen LogP contribution < -0.4 is 5.56 Å². The maximum atomic E-state index is 11.7. The minimum atomic E-state index is 0.0382. The van der Waals surface area contributed by atoms with Crippen LogP contribution in [0.25, 0.3) is 0 Å². The molecular weight excluding hydrogens is 254 g/mol. The van der Waals surface area contributed by atoms with E-state index in [2.05, 4.69) is 29.2 Å². The van der Waals surface area contributed by atoms with Crippen molar-refractivity contribution in [2.45, 2.75) is 36.5 Å². The van der Waals surface area contributed by atoms with Crippen LogP contribution in [0.5, 0.6) is 0 Å². The van der Waals surface area contributed by atoms with E-state index in [-0.39, 0.29) is 5.56 Å². The van der Waals surface area contributed by atoms with Crippen molar-refractivity contribution in [3.63, 3.8) is 0 Å². The Labute approximate surface area is 117 Å². The molecular formula is C16H17NOS. The molecule has 0 unspecified atom stereocenters. The number of hydrogen-bond acceptors (Lipinski definition) is 2. The van der Waals surface area contributed by atoms with E-state index in [1.807, 2.05) is 6.07 Å². The highest BCUT2D eigenvalue weighted by atomic mass is 32.2. The highest BCUT2D eigenvalue weighted by Crippen LogP contribution is 2.29. The molecule has 0 radical (unpaired) electrons. The molecule has 1 aromatic heterocycles. The standard InChI is InChI=1S/C16H17NOS/c18-15-10-13-8-4-5-9-14(13)16(17-15)19-11-12-6-2-1-3-7-12/h1-3,6-7,10H,4-5,8-9,11H2,(H,17,18). The van der Waals surface area contributed by atoms with Gasteiger partial charge in [-0.25, -0.2) is 0 Å². The lowest BCUT2D eigenvalue weighted by molar-refractivity contribution is 0.665. The first-order valence-electron chi connectivity index (χ1n) is 6.75. The molecule has 3 heteroatoms. The Morgan fingerprint density at radius 1 is 1.11 bits per heavy atom. The Morgan fingerprint density at radius 2 is 1.89 bits per heavy atom. The van der Waals surface area contributed by atoms with Crippen molar-refractivity contribution >= 4 is 11.8 Å². The molecule has 0 atom stereocenters. The zero-order valence-electron chi connectivity index (χ0n) is 10.8. The SMILES string of the molecule is O=c1cc2c(c(SCc3ccccc3)[nH]1)CCCC2. The third kappa shape index (κ3) is 2.92. The number of rotatable bonds is 3. The van der Waals surface area contributed by atoms with Crippen LogP contribution >= 0.6 is 11.8 Å². The summed E-state index contributed by atoms with van der Waals surface area (Å²) in [4.78, 5) is 14.7. The van der Waals surface area contributed by atoms with Crippen molar-refractivity contribution in [2.24, 2.45) is 0 Å². The number of aryl methyl sites for hydroxylation is 1. The molecule has 2 aromatic rings. The van der Waals surface area contributed by atoms with Crippen LogP contribution in [0.15, 0.2) is 46.2 Å². The molecule has 1 aliphatic carbocycles. The topological polar surface area (TPSA) is 32.9 Å². The first kappa shape index (κ1) is 12.5. The van der Waals surface area contributed by atoms with Gasteiger partial charge in [-0.1, -0.05) is 30.3 Å². The predicted molar refractivity (Wildman–Crippen MR) is 79.7 cm³/mol. The number of aromatic amines is 1. The van der Waals surface area contributed by atoms with Crippen LogP contribution in [-0.2, 0) is 18.6 Å². The molecule has 0 saturated carbocycles. The second-order valence-corrected chi connectivity index (χ2v) is 5.93. The van der Waals surface area contributed by atoms with Crippen LogP contribution in [0.2, 0.25) is 0 Å². The van der Waals surface area contributed by atoms with Crippen LogP contribution in [0, 0.1) is 0 Å². The van der Waals surface area contributed by atoms with Crippen molar-refractivity contribution in [1.29, 1.82) is 0 Å². The molecule has 0 bridgehead atoms. The summed E-state index contributed by atoms with van der Waals surface area (Å²) in [6.07, 6.45) is 4.60. The maximum Gasteiger partial charge on any atom is 0.249 e. The lowest BCUT2D eigenvalue weighted by Crippen LogP contribution is -2.14. The minimum absolute atomic E-state index is 0.0382. The van der Waals surface area contributed by atoms with Gasteiger partial charge in [-0.05, 0) is 42.4 Å². The van der Waals surface area contributed by atoms with Crippen LogP contribution in [0.1, 0.15) is 29.5 Å². The van der Waals surface area contributed by atoms with E-state index in [0.29, 0.717) is 0 Å². The zero-order valence-corrected chi connectivity index (χ0v) is 11.6. The van der Waals surface area contributed by atoms with Crippen molar-refractivity contribution in [3.05, 3.63) is 63.4 Å². The normalized spacial score (nSPS) is 14.1. The van der Waals surface area contributed by atoms with Gasteiger partial charge >= 0.3 is 0 Å². The van der Waals surface area contributed by atoms with Gasteiger partial charge in [0.05, 0.1) is 5.03 Å². The summed E-state index contributed by atoms with van der Waals surface area (Å²) in [6, 6.07) is 12.2. The highest BCUT2D eigenvalue weighted by molar-refractivity contribution is 7.98. The van der Waals surface area contributed by atoms with Gasteiger partial charge in [0.1, 0.15) is 0 Å². The molecule has 0 spiro atoms. The molecule has 1 N–H and O–H groups in total. The van der Waals surface area contributed by atoms with Crippen molar-refractivity contribution in [2.75, 3.05) is 0 Å². The van der Waals surface area contributed by atoms with E-state index in [1.165, 1.54) is 29.5 Å².